The lowest BCUT2D eigenvalue weighted by atomic mass is 10.1. The molecule has 0 radical (unpaired) electrons. The van der Waals surface area contributed by atoms with Gasteiger partial charge in [-0.25, -0.2) is 0 Å². The van der Waals surface area contributed by atoms with E-state index in [1.165, 1.54) is 6.07 Å². The molecule has 1 unspecified atom stereocenters. The van der Waals surface area contributed by atoms with Crippen molar-refractivity contribution in [2.45, 2.75) is 33.0 Å². The van der Waals surface area contributed by atoms with Crippen LogP contribution in [0.4, 0.5) is 20.2 Å². The second-order valence-corrected chi connectivity index (χ2v) is 7.82. The predicted molar refractivity (Wildman–Crippen MR) is 123 cm³/mol. The number of likely N-dealkylation sites (N-methyl/N-ethyl adjacent to an activating group) is 1. The van der Waals surface area contributed by atoms with Gasteiger partial charge in [0.25, 0.3) is 0 Å². The number of hydrogen-bond acceptors (Lipinski definition) is 6. The summed E-state index contributed by atoms with van der Waals surface area (Å²) in [7, 11) is 1.83. The number of nitrogens with one attached hydrogen (secondary N) is 1. The summed E-state index contributed by atoms with van der Waals surface area (Å²) in [5.41, 5.74) is 2.65. The van der Waals surface area contributed by atoms with Crippen LogP contribution in [0.15, 0.2) is 42.5 Å². The molecule has 33 heavy (non-hydrogen) atoms. The van der Waals surface area contributed by atoms with E-state index < -0.39 is 12.7 Å². The molecular formula is C24H31F2N3O4. The molecule has 1 aliphatic heterocycles. The Balaban J connectivity index is 1.58. The van der Waals surface area contributed by atoms with E-state index in [1.54, 1.807) is 19.1 Å². The minimum absolute atomic E-state index is 0.00966. The minimum Gasteiger partial charge on any atom is -0.490 e. The van der Waals surface area contributed by atoms with E-state index >= 15 is 0 Å². The van der Waals surface area contributed by atoms with Gasteiger partial charge in [0.15, 0.2) is 11.5 Å². The molecule has 0 aromatic heterocycles. The fourth-order valence-electron chi connectivity index (χ4n) is 3.56. The van der Waals surface area contributed by atoms with Crippen molar-refractivity contribution in [3.05, 3.63) is 48.0 Å². The standard InChI is InChI=1S/C24H31F2N3O4/c1-4-32-22-15-18(5-10-21(22)33-24(25)26)16-28(3)17(2)23(30)27-19-6-8-20(9-7-19)29-11-13-31-14-12-29/h5-10,15,17,24H,4,11-14,16H2,1-3H3,(H,27,30). The molecule has 1 aliphatic rings. The van der Waals surface area contributed by atoms with Crippen molar-refractivity contribution in [3.8, 4) is 11.5 Å². The number of carbonyl (C=O) groups excluding carboxylic acids is 1. The fraction of sp³-hybridized carbons (Fsp3) is 0.458. The molecule has 3 rings (SSSR count). The number of amides is 1. The number of hydrogen-bond donors (Lipinski definition) is 1. The third-order valence-electron chi connectivity index (χ3n) is 5.51. The molecule has 7 nitrogen and oxygen atoms in total. The fourth-order valence-corrected chi connectivity index (χ4v) is 3.56. The van der Waals surface area contributed by atoms with Crippen molar-refractivity contribution in [2.24, 2.45) is 0 Å². The third kappa shape index (κ3) is 7.03. The van der Waals surface area contributed by atoms with E-state index in [0.717, 1.165) is 43.2 Å². The number of morpholine rings is 1. The maximum Gasteiger partial charge on any atom is 0.387 e. The Morgan fingerprint density at radius 3 is 2.48 bits per heavy atom. The van der Waals surface area contributed by atoms with Crippen LogP contribution in [0.25, 0.3) is 0 Å². The Hall–Kier alpha value is -2.91. The van der Waals surface area contributed by atoms with Gasteiger partial charge in [-0.05, 0) is 62.9 Å². The molecule has 0 spiro atoms. The highest BCUT2D eigenvalue weighted by atomic mass is 19.3. The zero-order valence-electron chi connectivity index (χ0n) is 19.2. The molecule has 1 amide bonds. The quantitative estimate of drug-likeness (QED) is 0.575. The summed E-state index contributed by atoms with van der Waals surface area (Å²) in [6, 6.07) is 12.2. The molecule has 2 aromatic rings. The van der Waals surface area contributed by atoms with Crippen LogP contribution >= 0.6 is 0 Å². The van der Waals surface area contributed by atoms with Gasteiger partial charge >= 0.3 is 6.61 Å². The van der Waals surface area contributed by atoms with Crippen LogP contribution in [-0.2, 0) is 16.1 Å². The minimum atomic E-state index is -2.93. The second kappa shape index (κ2) is 11.8. The number of alkyl halides is 2. The molecular weight excluding hydrogens is 432 g/mol. The Kier molecular flexibility index (Phi) is 8.85. The van der Waals surface area contributed by atoms with E-state index in [-0.39, 0.29) is 17.4 Å². The SMILES string of the molecule is CCOc1cc(CN(C)C(C)C(=O)Nc2ccc(N3CCOCC3)cc2)ccc1OC(F)F. The first-order chi connectivity index (χ1) is 15.9. The maximum absolute atomic E-state index is 12.8. The number of rotatable bonds is 10. The molecule has 1 N–H and O–H groups in total. The van der Waals surface area contributed by atoms with Gasteiger partial charge in [-0.15, -0.1) is 0 Å². The van der Waals surface area contributed by atoms with E-state index in [4.69, 9.17) is 9.47 Å². The number of anilines is 2. The molecule has 0 bridgehead atoms. The summed E-state index contributed by atoms with van der Waals surface area (Å²) in [5, 5.41) is 2.95. The summed E-state index contributed by atoms with van der Waals surface area (Å²) in [5.74, 6) is 0.102. The van der Waals surface area contributed by atoms with Crippen molar-refractivity contribution in [3.63, 3.8) is 0 Å². The Labute approximate surface area is 193 Å². The van der Waals surface area contributed by atoms with Crippen molar-refractivity contribution in [2.75, 3.05) is 50.2 Å². The highest BCUT2D eigenvalue weighted by molar-refractivity contribution is 5.94. The average Bonchev–Trinajstić information content (AvgIpc) is 2.81. The first kappa shape index (κ1) is 24.7. The lowest BCUT2D eigenvalue weighted by Crippen LogP contribution is -2.39. The van der Waals surface area contributed by atoms with Crippen LogP contribution in [0.3, 0.4) is 0 Å². The summed E-state index contributed by atoms with van der Waals surface area (Å²) in [4.78, 5) is 16.9. The summed E-state index contributed by atoms with van der Waals surface area (Å²) < 4.78 is 40.5. The number of nitrogens with zero attached hydrogens (tertiary/aromatic N) is 2. The number of halogens is 2. The smallest absolute Gasteiger partial charge is 0.387 e. The summed E-state index contributed by atoms with van der Waals surface area (Å²) in [6.45, 7) is 4.56. The Morgan fingerprint density at radius 1 is 1.15 bits per heavy atom. The van der Waals surface area contributed by atoms with Crippen LogP contribution in [0.1, 0.15) is 19.4 Å². The van der Waals surface area contributed by atoms with Crippen molar-refractivity contribution < 1.29 is 27.8 Å². The van der Waals surface area contributed by atoms with E-state index in [0.29, 0.717) is 13.2 Å². The van der Waals surface area contributed by atoms with E-state index in [1.807, 2.05) is 43.1 Å². The van der Waals surface area contributed by atoms with Gasteiger partial charge in [-0.1, -0.05) is 6.07 Å². The highest BCUT2D eigenvalue weighted by Gasteiger charge is 2.20. The molecule has 1 fully saturated rings. The average molecular weight is 464 g/mol. The van der Waals surface area contributed by atoms with Crippen LogP contribution in [0.2, 0.25) is 0 Å². The van der Waals surface area contributed by atoms with Gasteiger partial charge in [-0.2, -0.15) is 8.78 Å². The maximum atomic E-state index is 12.8. The molecule has 180 valence electrons. The largest absolute Gasteiger partial charge is 0.490 e. The normalized spacial score (nSPS) is 14.9. The van der Waals surface area contributed by atoms with Gasteiger partial charge in [0.1, 0.15) is 0 Å². The van der Waals surface area contributed by atoms with Crippen LogP contribution in [-0.4, -0.2) is 63.4 Å². The first-order valence-corrected chi connectivity index (χ1v) is 11.0. The number of benzene rings is 2. The molecule has 0 saturated carbocycles. The van der Waals surface area contributed by atoms with Crippen molar-refractivity contribution >= 4 is 17.3 Å². The zero-order chi connectivity index (χ0) is 23.8. The van der Waals surface area contributed by atoms with Gasteiger partial charge in [0, 0.05) is 31.0 Å². The summed E-state index contributed by atoms with van der Waals surface area (Å²) in [6.07, 6.45) is 0. The molecule has 1 saturated heterocycles. The third-order valence-corrected chi connectivity index (χ3v) is 5.51. The van der Waals surface area contributed by atoms with E-state index in [9.17, 15) is 13.6 Å². The van der Waals surface area contributed by atoms with Crippen LogP contribution in [0.5, 0.6) is 11.5 Å². The van der Waals surface area contributed by atoms with Crippen LogP contribution < -0.4 is 19.7 Å². The molecule has 9 heteroatoms. The zero-order valence-corrected chi connectivity index (χ0v) is 19.2. The summed E-state index contributed by atoms with van der Waals surface area (Å²) >= 11 is 0. The predicted octanol–water partition coefficient (Wildman–Crippen LogP) is 3.98. The Bertz CT molecular complexity index is 905. The topological polar surface area (TPSA) is 63.3 Å². The van der Waals surface area contributed by atoms with E-state index in [2.05, 4.69) is 15.0 Å². The lowest BCUT2D eigenvalue weighted by Gasteiger charge is -2.29. The Morgan fingerprint density at radius 2 is 1.85 bits per heavy atom. The van der Waals surface area contributed by atoms with Crippen molar-refractivity contribution in [1.82, 2.24) is 4.90 Å². The molecule has 1 atom stereocenters. The molecule has 0 aliphatic carbocycles. The first-order valence-electron chi connectivity index (χ1n) is 11.0. The lowest BCUT2D eigenvalue weighted by molar-refractivity contribution is -0.120. The second-order valence-electron chi connectivity index (χ2n) is 7.82. The molecule has 1 heterocycles. The molecule has 2 aromatic carbocycles. The van der Waals surface area contributed by atoms with Gasteiger partial charge in [0.05, 0.1) is 25.9 Å². The van der Waals surface area contributed by atoms with Gasteiger partial charge in [-0.3, -0.25) is 9.69 Å². The van der Waals surface area contributed by atoms with Gasteiger partial charge < -0.3 is 24.4 Å². The monoisotopic (exact) mass is 463 g/mol. The number of carbonyl (C=O) groups is 1. The number of ether oxygens (including phenoxy) is 3. The highest BCUT2D eigenvalue weighted by Crippen LogP contribution is 2.30. The van der Waals surface area contributed by atoms with Crippen molar-refractivity contribution in [1.29, 1.82) is 0 Å². The van der Waals surface area contributed by atoms with Gasteiger partial charge in [0.2, 0.25) is 5.91 Å². The van der Waals surface area contributed by atoms with Crippen LogP contribution in [0, 0.1) is 0 Å².